The molecule has 192 valence electrons. The minimum atomic E-state index is -1.42. The van der Waals surface area contributed by atoms with E-state index in [9.17, 15) is 19.5 Å². The van der Waals surface area contributed by atoms with E-state index in [1.807, 2.05) is 22.9 Å². The van der Waals surface area contributed by atoms with E-state index in [0.717, 1.165) is 28.0 Å². The summed E-state index contributed by atoms with van der Waals surface area (Å²) in [5.74, 6) is -2.28. The second kappa shape index (κ2) is 10.1. The molecular formula is C23H22N6O5S3. The highest BCUT2D eigenvalue weighted by Crippen LogP contribution is 2.40. The average molecular weight is 559 g/mol. The number of oxime groups is 1. The van der Waals surface area contributed by atoms with Crippen LogP contribution in [-0.4, -0.2) is 57.7 Å². The lowest BCUT2D eigenvalue weighted by Gasteiger charge is -2.50. The second-order valence-electron chi connectivity index (χ2n) is 8.26. The fourth-order valence-corrected chi connectivity index (χ4v) is 7.26. The van der Waals surface area contributed by atoms with E-state index in [2.05, 4.69) is 28.4 Å². The van der Waals surface area contributed by atoms with Crippen LogP contribution in [0.5, 0.6) is 0 Å². The van der Waals surface area contributed by atoms with Gasteiger partial charge in [-0.25, -0.2) is 4.98 Å². The van der Waals surface area contributed by atoms with Gasteiger partial charge in [0.2, 0.25) is 0 Å². The highest BCUT2D eigenvalue weighted by molar-refractivity contribution is 8.00. The van der Waals surface area contributed by atoms with Gasteiger partial charge < -0.3 is 25.8 Å². The number of carboxylic acid groups (broad SMARTS) is 1. The van der Waals surface area contributed by atoms with Crippen LogP contribution in [-0.2, 0) is 32.2 Å². The van der Waals surface area contributed by atoms with Crippen molar-refractivity contribution in [3.8, 4) is 0 Å². The number of nitrogens with two attached hydrogens (primary N) is 1. The van der Waals surface area contributed by atoms with Crippen LogP contribution in [0, 0.1) is 0 Å². The number of carboxylic acids is 1. The summed E-state index contributed by atoms with van der Waals surface area (Å²) in [4.78, 5) is 50.5. The number of nitrogen functional groups attached to an aromatic ring is 1. The zero-order chi connectivity index (χ0) is 26.3. The molecule has 0 aliphatic carbocycles. The molecule has 1 fully saturated rings. The average Bonchev–Trinajstić information content (AvgIpc) is 3.51. The Hall–Kier alpha value is -3.49. The maximum absolute atomic E-state index is 13.1. The van der Waals surface area contributed by atoms with E-state index in [0.29, 0.717) is 17.9 Å². The third kappa shape index (κ3) is 4.55. The van der Waals surface area contributed by atoms with Gasteiger partial charge in [-0.2, -0.15) is 4.57 Å². The number of β-lactam (4-membered cyclic amide) rings is 1. The number of thiazole rings is 1. The van der Waals surface area contributed by atoms with Crippen LogP contribution < -0.4 is 20.7 Å². The van der Waals surface area contributed by atoms with Gasteiger partial charge in [0.1, 0.15) is 24.2 Å². The predicted molar refractivity (Wildman–Crippen MR) is 139 cm³/mol. The molecular weight excluding hydrogens is 536 g/mol. The molecule has 1 unspecified atom stereocenters. The summed E-state index contributed by atoms with van der Waals surface area (Å²) in [6, 6.07) is 5.13. The number of aryl methyl sites for hydroxylation is 1. The summed E-state index contributed by atoms with van der Waals surface area (Å²) < 4.78 is 1.99. The van der Waals surface area contributed by atoms with Crippen molar-refractivity contribution in [3.63, 3.8) is 0 Å². The number of pyridine rings is 1. The summed E-state index contributed by atoms with van der Waals surface area (Å²) in [6.45, 7) is 2.39. The Bertz CT molecular complexity index is 1480. The molecule has 3 aromatic rings. The smallest absolute Gasteiger partial charge is 0.276 e. The molecule has 2 aliphatic heterocycles. The van der Waals surface area contributed by atoms with Gasteiger partial charge >= 0.3 is 0 Å². The number of carbonyl (C=O) groups is 3. The summed E-state index contributed by atoms with van der Waals surface area (Å²) in [5, 5.41) is 20.9. The molecule has 1 saturated heterocycles. The molecule has 2 atom stereocenters. The largest absolute Gasteiger partial charge is 0.543 e. The Morgan fingerprint density at radius 3 is 2.92 bits per heavy atom. The fraction of sp³-hybridized carbons (Fsp3) is 0.304. The summed E-state index contributed by atoms with van der Waals surface area (Å²) in [6.07, 6.45) is 2.81. The highest BCUT2D eigenvalue weighted by atomic mass is 32.2. The van der Waals surface area contributed by atoms with Crippen molar-refractivity contribution in [1.82, 2.24) is 15.2 Å². The van der Waals surface area contributed by atoms with Crippen LogP contribution in [0.4, 0.5) is 5.13 Å². The van der Waals surface area contributed by atoms with E-state index in [-0.39, 0.29) is 22.2 Å². The number of thioether (sulfide) groups is 1. The number of amides is 2. The van der Waals surface area contributed by atoms with Crippen LogP contribution in [0.25, 0.3) is 10.2 Å². The number of aliphatic carboxylic acids is 1. The number of hydrogen-bond donors (Lipinski definition) is 2. The molecule has 3 N–H and O–H groups in total. The molecule has 2 amide bonds. The van der Waals surface area contributed by atoms with Crippen molar-refractivity contribution in [2.24, 2.45) is 5.16 Å². The van der Waals surface area contributed by atoms with E-state index in [1.54, 1.807) is 16.7 Å². The number of nitrogens with one attached hydrogen (secondary N) is 1. The first-order chi connectivity index (χ1) is 17.8. The van der Waals surface area contributed by atoms with Crippen molar-refractivity contribution in [2.45, 2.75) is 31.3 Å². The van der Waals surface area contributed by atoms with Gasteiger partial charge in [-0.05, 0) is 18.6 Å². The molecule has 14 heteroatoms. The van der Waals surface area contributed by atoms with Gasteiger partial charge in [-0.1, -0.05) is 23.4 Å². The quantitative estimate of drug-likeness (QED) is 0.173. The molecule has 5 rings (SSSR count). The van der Waals surface area contributed by atoms with Crippen molar-refractivity contribution in [2.75, 3.05) is 18.6 Å². The first kappa shape index (κ1) is 25.2. The van der Waals surface area contributed by atoms with Gasteiger partial charge in [0, 0.05) is 27.6 Å². The maximum atomic E-state index is 13.1. The zero-order valence-electron chi connectivity index (χ0n) is 19.8. The minimum Gasteiger partial charge on any atom is -0.543 e. The monoisotopic (exact) mass is 558 g/mol. The number of aromatic nitrogens is 2. The van der Waals surface area contributed by atoms with Crippen molar-refractivity contribution in [3.05, 3.63) is 51.6 Å². The van der Waals surface area contributed by atoms with E-state index in [4.69, 9.17) is 10.6 Å². The van der Waals surface area contributed by atoms with Gasteiger partial charge in [0.25, 0.3) is 16.6 Å². The van der Waals surface area contributed by atoms with E-state index in [1.165, 1.54) is 28.6 Å². The van der Waals surface area contributed by atoms with Crippen molar-refractivity contribution in [1.29, 1.82) is 0 Å². The van der Waals surface area contributed by atoms with Crippen molar-refractivity contribution >= 4 is 73.3 Å². The lowest BCUT2D eigenvalue weighted by Crippen LogP contribution is -2.71. The van der Waals surface area contributed by atoms with Crippen LogP contribution in [0.2, 0.25) is 0 Å². The zero-order valence-corrected chi connectivity index (χ0v) is 22.2. The van der Waals surface area contributed by atoms with Gasteiger partial charge in [-0.3, -0.25) is 14.5 Å². The molecule has 5 heterocycles. The Morgan fingerprint density at radius 2 is 2.24 bits per heavy atom. The Kier molecular flexibility index (Phi) is 6.88. The number of hydrogen-bond acceptors (Lipinski definition) is 11. The highest BCUT2D eigenvalue weighted by Gasteiger charge is 2.53. The summed E-state index contributed by atoms with van der Waals surface area (Å²) in [7, 11) is 1.28. The van der Waals surface area contributed by atoms with Crippen LogP contribution >= 0.6 is 34.4 Å². The standard InChI is InChI=1S/C23H22N6O5S3/c1-3-13-7-11-5-4-6-28(20(11)37-13)8-12-9-35-21-16(19(31)29(21)17(12)22(32)33)26-18(30)15(27-34-2)14-10-36-23(24)25-14/h4-7,10,16,21H,3,8-9H2,1-2H3,(H3-,24,25,26,30,32,33)/b27-15-/t16?,21-/m1/s1. The molecule has 3 aromatic heterocycles. The number of thiophene rings is 1. The molecule has 0 saturated carbocycles. The first-order valence-electron chi connectivity index (χ1n) is 11.2. The lowest BCUT2D eigenvalue weighted by atomic mass is 10.0. The minimum absolute atomic E-state index is 0.134. The SMILES string of the molecule is CCc1cc2ccc[n+](CC3=C(C(=O)[O-])N4C(=O)C(NC(=O)/C(=N\OC)c5csc(N)n5)[C@H]4SC3)c2s1. The van der Waals surface area contributed by atoms with Crippen LogP contribution in [0.15, 0.2) is 46.2 Å². The molecule has 11 nitrogen and oxygen atoms in total. The molecule has 37 heavy (non-hydrogen) atoms. The molecule has 2 aliphatic rings. The van der Waals surface area contributed by atoms with Gasteiger partial charge in [0.15, 0.2) is 23.6 Å². The van der Waals surface area contributed by atoms with Crippen molar-refractivity contribution < 1.29 is 28.9 Å². The predicted octanol–water partition coefficient (Wildman–Crippen LogP) is 0.245. The topological polar surface area (TPSA) is 154 Å². The lowest BCUT2D eigenvalue weighted by molar-refractivity contribution is -0.661. The third-order valence-corrected chi connectivity index (χ3v) is 9.34. The number of anilines is 1. The number of fused-ring (bicyclic) bond motifs is 2. The first-order valence-corrected chi connectivity index (χ1v) is 14.0. The molecule has 0 radical (unpaired) electrons. The van der Waals surface area contributed by atoms with E-state index >= 15 is 0 Å². The molecule has 0 bridgehead atoms. The Labute approximate surface area is 223 Å². The fourth-order valence-electron chi connectivity index (χ4n) is 4.31. The third-order valence-electron chi connectivity index (χ3n) is 5.99. The van der Waals surface area contributed by atoms with Crippen LogP contribution in [0.1, 0.15) is 17.5 Å². The second-order valence-corrected chi connectivity index (χ2v) is 11.4. The summed E-state index contributed by atoms with van der Waals surface area (Å²) >= 11 is 4.17. The van der Waals surface area contributed by atoms with E-state index < -0.39 is 29.2 Å². The maximum Gasteiger partial charge on any atom is 0.276 e. The van der Waals surface area contributed by atoms with Gasteiger partial charge in [-0.15, -0.1) is 23.1 Å². The summed E-state index contributed by atoms with van der Waals surface area (Å²) in [5.41, 5.74) is 6.17. The normalized spacial score (nSPS) is 19.6. The number of nitrogens with zero attached hydrogens (tertiary/aromatic N) is 4. The van der Waals surface area contributed by atoms with Crippen LogP contribution in [0.3, 0.4) is 0 Å². The number of carbonyl (C=O) groups excluding carboxylic acids is 3. The molecule has 0 aromatic carbocycles. The number of rotatable bonds is 8. The Morgan fingerprint density at radius 1 is 1.43 bits per heavy atom. The molecule has 0 spiro atoms. The van der Waals surface area contributed by atoms with Gasteiger partial charge in [0.05, 0.1) is 17.1 Å². The Balaban J connectivity index is 1.38.